The maximum absolute atomic E-state index is 3.51. The lowest BCUT2D eigenvalue weighted by molar-refractivity contribution is 0.154. The van der Waals surface area contributed by atoms with Gasteiger partial charge >= 0.3 is 0 Å². The molecule has 112 valence electrons. The summed E-state index contributed by atoms with van der Waals surface area (Å²) in [5, 5.41) is 3.51. The zero-order valence-electron chi connectivity index (χ0n) is 12.3. The van der Waals surface area contributed by atoms with Crippen LogP contribution in [0.25, 0.3) is 0 Å². The van der Waals surface area contributed by atoms with Crippen LogP contribution in [0.1, 0.15) is 24.8 Å². The molecule has 0 aliphatic carbocycles. The summed E-state index contributed by atoms with van der Waals surface area (Å²) in [5.41, 5.74) is 1.48. The van der Waals surface area contributed by atoms with E-state index in [-0.39, 0.29) is 12.4 Å². The van der Waals surface area contributed by atoms with Crippen LogP contribution in [0.15, 0.2) is 30.3 Å². The Labute approximate surface area is 129 Å². The van der Waals surface area contributed by atoms with Crippen molar-refractivity contribution in [2.24, 2.45) is 11.8 Å². The number of hydrogen-bond acceptors (Lipinski definition) is 2. The van der Waals surface area contributed by atoms with Crippen molar-refractivity contribution in [3.8, 4) is 0 Å². The van der Waals surface area contributed by atoms with Crippen molar-refractivity contribution in [1.29, 1.82) is 0 Å². The molecule has 0 aromatic heterocycles. The Morgan fingerprint density at radius 1 is 1.00 bits per heavy atom. The summed E-state index contributed by atoms with van der Waals surface area (Å²) in [6, 6.07) is 10.9. The van der Waals surface area contributed by atoms with E-state index in [0.717, 1.165) is 11.8 Å². The number of nitrogens with one attached hydrogen (secondary N) is 1. The third kappa shape index (κ3) is 4.21. The van der Waals surface area contributed by atoms with Gasteiger partial charge in [0.1, 0.15) is 0 Å². The Kier molecular flexibility index (Phi) is 6.34. The van der Waals surface area contributed by atoms with Gasteiger partial charge in [0.05, 0.1) is 0 Å². The van der Waals surface area contributed by atoms with Crippen molar-refractivity contribution >= 4 is 12.4 Å². The molecule has 2 heterocycles. The Morgan fingerprint density at radius 2 is 1.75 bits per heavy atom. The maximum atomic E-state index is 3.51. The minimum Gasteiger partial charge on any atom is -0.316 e. The van der Waals surface area contributed by atoms with E-state index >= 15 is 0 Å². The van der Waals surface area contributed by atoms with Gasteiger partial charge < -0.3 is 10.2 Å². The summed E-state index contributed by atoms with van der Waals surface area (Å²) in [6.07, 6.45) is 5.45. The third-order valence-corrected chi connectivity index (χ3v) is 4.96. The standard InChI is InChI=1S/C17H26N2.ClH/c1-2-4-15(5-3-1)7-11-19-12-8-16(9-13-19)17-6-10-18-14-17;/h1-5,16-18H,6-14H2;1H. The summed E-state index contributed by atoms with van der Waals surface area (Å²) < 4.78 is 0. The molecule has 1 atom stereocenters. The number of benzene rings is 1. The van der Waals surface area contributed by atoms with Crippen LogP contribution < -0.4 is 5.32 Å². The molecule has 3 heteroatoms. The lowest BCUT2D eigenvalue weighted by Gasteiger charge is -2.34. The average molecular weight is 295 g/mol. The van der Waals surface area contributed by atoms with E-state index in [9.17, 15) is 0 Å². The number of nitrogens with zero attached hydrogens (tertiary/aromatic N) is 1. The highest BCUT2D eigenvalue weighted by atomic mass is 35.5. The summed E-state index contributed by atoms with van der Waals surface area (Å²) in [4.78, 5) is 2.66. The minimum atomic E-state index is 0. The first kappa shape index (κ1) is 15.8. The molecule has 0 saturated carbocycles. The highest BCUT2D eigenvalue weighted by molar-refractivity contribution is 5.85. The summed E-state index contributed by atoms with van der Waals surface area (Å²) in [7, 11) is 0. The van der Waals surface area contributed by atoms with Crippen LogP contribution in [0.3, 0.4) is 0 Å². The second-order valence-corrected chi connectivity index (χ2v) is 6.17. The molecule has 0 bridgehead atoms. The highest BCUT2D eigenvalue weighted by Crippen LogP contribution is 2.28. The van der Waals surface area contributed by atoms with E-state index in [2.05, 4.69) is 40.5 Å². The first-order valence-electron chi connectivity index (χ1n) is 7.89. The Morgan fingerprint density at radius 3 is 2.40 bits per heavy atom. The van der Waals surface area contributed by atoms with Crippen LogP contribution in [-0.2, 0) is 6.42 Å². The SMILES string of the molecule is Cl.c1ccc(CCN2CCC(C3CCNC3)CC2)cc1. The molecular formula is C17H27ClN2. The van der Waals surface area contributed by atoms with Crippen molar-refractivity contribution in [2.45, 2.75) is 25.7 Å². The second-order valence-electron chi connectivity index (χ2n) is 6.17. The van der Waals surface area contributed by atoms with Gasteiger partial charge in [0.15, 0.2) is 0 Å². The molecule has 2 saturated heterocycles. The van der Waals surface area contributed by atoms with Crippen LogP contribution in [0.4, 0.5) is 0 Å². The summed E-state index contributed by atoms with van der Waals surface area (Å²) >= 11 is 0. The minimum absolute atomic E-state index is 0. The Bertz CT molecular complexity index is 368. The lowest BCUT2D eigenvalue weighted by atomic mass is 9.84. The van der Waals surface area contributed by atoms with Crippen LogP contribution in [-0.4, -0.2) is 37.6 Å². The number of rotatable bonds is 4. The first-order chi connectivity index (χ1) is 9.42. The zero-order chi connectivity index (χ0) is 12.9. The molecular weight excluding hydrogens is 268 g/mol. The van der Waals surface area contributed by atoms with E-state index in [1.807, 2.05) is 0 Å². The molecule has 0 spiro atoms. The fourth-order valence-corrected chi connectivity index (χ4v) is 3.66. The van der Waals surface area contributed by atoms with Crippen molar-refractivity contribution in [3.05, 3.63) is 35.9 Å². The van der Waals surface area contributed by atoms with Gasteiger partial charge in [0, 0.05) is 6.54 Å². The maximum Gasteiger partial charge on any atom is 0.00218 e. The molecule has 1 unspecified atom stereocenters. The molecule has 0 amide bonds. The quantitative estimate of drug-likeness (QED) is 0.918. The second kappa shape index (κ2) is 8.02. The number of likely N-dealkylation sites (tertiary alicyclic amines) is 1. The molecule has 2 nitrogen and oxygen atoms in total. The molecule has 2 aliphatic heterocycles. The van der Waals surface area contributed by atoms with Crippen molar-refractivity contribution in [2.75, 3.05) is 32.7 Å². The topological polar surface area (TPSA) is 15.3 Å². The molecule has 2 fully saturated rings. The van der Waals surface area contributed by atoms with Gasteiger partial charge in [-0.05, 0) is 69.3 Å². The van der Waals surface area contributed by atoms with Crippen LogP contribution in [0, 0.1) is 11.8 Å². The van der Waals surface area contributed by atoms with Crippen LogP contribution in [0.5, 0.6) is 0 Å². The first-order valence-corrected chi connectivity index (χ1v) is 7.89. The van der Waals surface area contributed by atoms with E-state index in [1.54, 1.807) is 0 Å². The summed E-state index contributed by atoms with van der Waals surface area (Å²) in [6.45, 7) is 6.38. The predicted molar refractivity (Wildman–Crippen MR) is 87.5 cm³/mol. The van der Waals surface area contributed by atoms with Crippen LogP contribution >= 0.6 is 12.4 Å². The highest BCUT2D eigenvalue weighted by Gasteiger charge is 2.28. The molecule has 0 radical (unpaired) electrons. The van der Waals surface area contributed by atoms with Gasteiger partial charge in [-0.15, -0.1) is 12.4 Å². The normalized spacial score (nSPS) is 24.5. The van der Waals surface area contributed by atoms with E-state index in [4.69, 9.17) is 0 Å². The fourth-order valence-electron chi connectivity index (χ4n) is 3.66. The van der Waals surface area contributed by atoms with Gasteiger partial charge in [-0.2, -0.15) is 0 Å². The van der Waals surface area contributed by atoms with Gasteiger partial charge in [-0.25, -0.2) is 0 Å². The fraction of sp³-hybridized carbons (Fsp3) is 0.647. The predicted octanol–water partition coefficient (Wildman–Crippen LogP) is 2.97. The molecule has 2 aliphatic rings. The largest absolute Gasteiger partial charge is 0.316 e. The van der Waals surface area contributed by atoms with Gasteiger partial charge in [-0.1, -0.05) is 30.3 Å². The number of piperidine rings is 1. The van der Waals surface area contributed by atoms with Crippen molar-refractivity contribution in [3.63, 3.8) is 0 Å². The van der Waals surface area contributed by atoms with E-state index in [1.165, 1.54) is 64.0 Å². The van der Waals surface area contributed by atoms with Crippen molar-refractivity contribution in [1.82, 2.24) is 10.2 Å². The van der Waals surface area contributed by atoms with E-state index in [0.29, 0.717) is 0 Å². The van der Waals surface area contributed by atoms with Gasteiger partial charge in [-0.3, -0.25) is 0 Å². The Hall–Kier alpha value is -0.570. The van der Waals surface area contributed by atoms with Crippen molar-refractivity contribution < 1.29 is 0 Å². The number of hydrogen-bond donors (Lipinski definition) is 1. The van der Waals surface area contributed by atoms with E-state index < -0.39 is 0 Å². The average Bonchev–Trinajstić information content (AvgIpc) is 3.01. The lowest BCUT2D eigenvalue weighted by Crippen LogP contribution is -2.37. The zero-order valence-corrected chi connectivity index (χ0v) is 13.1. The molecule has 1 aromatic carbocycles. The number of halogens is 1. The van der Waals surface area contributed by atoms with Gasteiger partial charge in [0.25, 0.3) is 0 Å². The van der Waals surface area contributed by atoms with Crippen LogP contribution in [0.2, 0.25) is 0 Å². The molecule has 1 aromatic rings. The Balaban J connectivity index is 0.00000147. The van der Waals surface area contributed by atoms with Gasteiger partial charge in [0.2, 0.25) is 0 Å². The smallest absolute Gasteiger partial charge is 0.00218 e. The molecule has 1 N–H and O–H groups in total. The molecule has 20 heavy (non-hydrogen) atoms. The molecule has 3 rings (SSSR count). The summed E-state index contributed by atoms with van der Waals surface area (Å²) in [5.74, 6) is 1.96. The third-order valence-electron chi connectivity index (χ3n) is 4.96. The monoisotopic (exact) mass is 294 g/mol.